The van der Waals surface area contributed by atoms with Crippen LogP contribution in [0.4, 0.5) is 5.69 Å². The van der Waals surface area contributed by atoms with Gasteiger partial charge in [0.05, 0.1) is 6.26 Å². The summed E-state index contributed by atoms with van der Waals surface area (Å²) in [6, 6.07) is 6.42. The molecule has 0 aromatic heterocycles. The molecule has 0 saturated heterocycles. The standard InChI is InChI=1S/C14H23N3O2S/c1-20(18,19)17-10-4-8-15-11-13-6-2-5-12-7-3-9-16-14(12)13/h2,5-6,15-17H,3-4,7-11H2,1H3. The van der Waals surface area contributed by atoms with Crippen molar-refractivity contribution < 1.29 is 8.42 Å². The van der Waals surface area contributed by atoms with E-state index in [0.29, 0.717) is 6.54 Å². The summed E-state index contributed by atoms with van der Waals surface area (Å²) in [4.78, 5) is 0. The molecule has 5 nitrogen and oxygen atoms in total. The van der Waals surface area contributed by atoms with Crippen LogP contribution < -0.4 is 15.4 Å². The monoisotopic (exact) mass is 297 g/mol. The Labute approximate surface area is 121 Å². The summed E-state index contributed by atoms with van der Waals surface area (Å²) < 4.78 is 24.3. The van der Waals surface area contributed by atoms with Crippen molar-refractivity contribution in [2.45, 2.75) is 25.8 Å². The van der Waals surface area contributed by atoms with E-state index in [4.69, 9.17) is 0 Å². The van der Waals surface area contributed by atoms with Gasteiger partial charge in [-0.1, -0.05) is 18.2 Å². The summed E-state index contributed by atoms with van der Waals surface area (Å²) in [5.74, 6) is 0. The molecule has 0 fully saturated rings. The quantitative estimate of drug-likeness (QED) is 0.659. The predicted octanol–water partition coefficient (Wildman–Crippen LogP) is 1.07. The van der Waals surface area contributed by atoms with Gasteiger partial charge in [0, 0.05) is 25.3 Å². The highest BCUT2D eigenvalue weighted by atomic mass is 32.2. The van der Waals surface area contributed by atoms with Gasteiger partial charge in [0.15, 0.2) is 0 Å². The van der Waals surface area contributed by atoms with Crippen LogP contribution in [0.3, 0.4) is 0 Å². The van der Waals surface area contributed by atoms with Gasteiger partial charge in [-0.25, -0.2) is 13.1 Å². The molecule has 2 rings (SSSR count). The Hall–Kier alpha value is -1.11. The number of sulfonamides is 1. The summed E-state index contributed by atoms with van der Waals surface area (Å²) in [7, 11) is -3.06. The second-order valence-electron chi connectivity index (χ2n) is 5.18. The molecule has 0 aliphatic carbocycles. The molecule has 0 unspecified atom stereocenters. The molecule has 1 heterocycles. The minimum Gasteiger partial charge on any atom is -0.385 e. The first-order chi connectivity index (χ1) is 9.56. The molecule has 1 aliphatic heterocycles. The largest absolute Gasteiger partial charge is 0.385 e. The number of hydrogen-bond donors (Lipinski definition) is 3. The van der Waals surface area contributed by atoms with E-state index in [-0.39, 0.29) is 0 Å². The van der Waals surface area contributed by atoms with Crippen molar-refractivity contribution in [2.24, 2.45) is 0 Å². The van der Waals surface area contributed by atoms with Crippen LogP contribution in [0.15, 0.2) is 18.2 Å². The Morgan fingerprint density at radius 2 is 2.15 bits per heavy atom. The Morgan fingerprint density at radius 3 is 2.95 bits per heavy atom. The number of aryl methyl sites for hydroxylation is 1. The van der Waals surface area contributed by atoms with Gasteiger partial charge >= 0.3 is 0 Å². The number of para-hydroxylation sites is 1. The van der Waals surface area contributed by atoms with Gasteiger partial charge in [0.2, 0.25) is 10.0 Å². The highest BCUT2D eigenvalue weighted by molar-refractivity contribution is 7.88. The summed E-state index contributed by atoms with van der Waals surface area (Å²) in [5.41, 5.74) is 3.97. The zero-order valence-corrected chi connectivity index (χ0v) is 12.7. The van der Waals surface area contributed by atoms with Crippen LogP contribution in [-0.2, 0) is 23.0 Å². The third-order valence-corrected chi connectivity index (χ3v) is 4.10. The summed E-state index contributed by atoms with van der Waals surface area (Å²) in [6.07, 6.45) is 4.31. The van der Waals surface area contributed by atoms with Crippen LogP contribution in [-0.4, -0.2) is 34.3 Å². The minimum absolute atomic E-state index is 0.483. The van der Waals surface area contributed by atoms with E-state index in [1.54, 1.807) is 0 Å². The molecule has 1 aliphatic rings. The summed E-state index contributed by atoms with van der Waals surface area (Å²) in [5, 5.41) is 6.83. The molecule has 0 radical (unpaired) electrons. The Morgan fingerprint density at radius 1 is 1.30 bits per heavy atom. The van der Waals surface area contributed by atoms with E-state index >= 15 is 0 Å². The maximum Gasteiger partial charge on any atom is 0.208 e. The highest BCUT2D eigenvalue weighted by Crippen LogP contribution is 2.25. The van der Waals surface area contributed by atoms with E-state index in [2.05, 4.69) is 33.6 Å². The van der Waals surface area contributed by atoms with Crippen molar-refractivity contribution in [3.05, 3.63) is 29.3 Å². The molecule has 0 bridgehead atoms. The van der Waals surface area contributed by atoms with E-state index < -0.39 is 10.0 Å². The first kappa shape index (κ1) is 15.3. The predicted molar refractivity (Wildman–Crippen MR) is 82.4 cm³/mol. The van der Waals surface area contributed by atoms with Crippen LogP contribution in [0.1, 0.15) is 24.0 Å². The summed E-state index contributed by atoms with van der Waals surface area (Å²) in [6.45, 7) is 3.14. The number of fused-ring (bicyclic) bond motifs is 1. The van der Waals surface area contributed by atoms with Gasteiger partial charge in [-0.05, 0) is 36.9 Å². The van der Waals surface area contributed by atoms with Gasteiger partial charge in [0.1, 0.15) is 0 Å². The first-order valence-corrected chi connectivity index (χ1v) is 8.95. The van der Waals surface area contributed by atoms with Crippen molar-refractivity contribution in [3.8, 4) is 0 Å². The molecule has 20 heavy (non-hydrogen) atoms. The number of nitrogens with one attached hydrogen (secondary N) is 3. The normalized spacial score (nSPS) is 14.7. The van der Waals surface area contributed by atoms with Crippen molar-refractivity contribution in [2.75, 3.05) is 31.2 Å². The molecule has 6 heteroatoms. The van der Waals surface area contributed by atoms with Crippen molar-refractivity contribution in [1.29, 1.82) is 0 Å². The van der Waals surface area contributed by atoms with Gasteiger partial charge in [0.25, 0.3) is 0 Å². The van der Waals surface area contributed by atoms with E-state index in [9.17, 15) is 8.42 Å². The Kier molecular flexibility index (Phi) is 5.39. The average molecular weight is 297 g/mol. The molecule has 3 N–H and O–H groups in total. The minimum atomic E-state index is -3.06. The number of hydrogen-bond acceptors (Lipinski definition) is 4. The van der Waals surface area contributed by atoms with Gasteiger partial charge in [-0.15, -0.1) is 0 Å². The van der Waals surface area contributed by atoms with Crippen molar-refractivity contribution >= 4 is 15.7 Å². The fraction of sp³-hybridized carbons (Fsp3) is 0.571. The van der Waals surface area contributed by atoms with E-state index in [1.165, 1.54) is 29.5 Å². The fourth-order valence-corrected chi connectivity index (χ4v) is 2.94. The molecule has 112 valence electrons. The third-order valence-electron chi connectivity index (χ3n) is 3.37. The van der Waals surface area contributed by atoms with Crippen LogP contribution in [0.25, 0.3) is 0 Å². The maximum absolute atomic E-state index is 10.9. The lowest BCUT2D eigenvalue weighted by molar-refractivity contribution is 0.579. The lowest BCUT2D eigenvalue weighted by Crippen LogP contribution is -2.26. The molecule has 0 amide bonds. The first-order valence-electron chi connectivity index (χ1n) is 7.06. The zero-order valence-electron chi connectivity index (χ0n) is 11.9. The average Bonchev–Trinajstić information content (AvgIpc) is 2.41. The van der Waals surface area contributed by atoms with Gasteiger partial charge < -0.3 is 10.6 Å². The second-order valence-corrected chi connectivity index (χ2v) is 7.01. The van der Waals surface area contributed by atoms with Crippen LogP contribution in [0.5, 0.6) is 0 Å². The fourth-order valence-electron chi connectivity index (χ4n) is 2.42. The summed E-state index contributed by atoms with van der Waals surface area (Å²) >= 11 is 0. The number of benzene rings is 1. The van der Waals surface area contributed by atoms with Crippen LogP contribution in [0, 0.1) is 0 Å². The topological polar surface area (TPSA) is 70.2 Å². The van der Waals surface area contributed by atoms with Gasteiger partial charge in [-0.2, -0.15) is 0 Å². The number of anilines is 1. The second kappa shape index (κ2) is 7.06. The molecule has 0 atom stereocenters. The Bertz CT molecular complexity index is 543. The van der Waals surface area contributed by atoms with E-state index in [0.717, 1.165) is 32.5 Å². The molecule has 0 saturated carbocycles. The Balaban J connectivity index is 1.75. The zero-order chi connectivity index (χ0) is 14.4. The molecule has 1 aromatic carbocycles. The molecular formula is C14H23N3O2S. The van der Waals surface area contributed by atoms with E-state index in [1.807, 2.05) is 0 Å². The SMILES string of the molecule is CS(=O)(=O)NCCCNCc1cccc2c1NCCC2. The lowest BCUT2D eigenvalue weighted by atomic mass is 9.99. The molecular weight excluding hydrogens is 274 g/mol. The number of rotatable bonds is 7. The highest BCUT2D eigenvalue weighted by Gasteiger charge is 2.11. The van der Waals surface area contributed by atoms with Gasteiger partial charge in [-0.3, -0.25) is 0 Å². The van der Waals surface area contributed by atoms with Crippen LogP contribution in [0.2, 0.25) is 0 Å². The molecule has 0 spiro atoms. The maximum atomic E-state index is 10.9. The third kappa shape index (κ3) is 4.77. The lowest BCUT2D eigenvalue weighted by Gasteiger charge is -2.21. The smallest absolute Gasteiger partial charge is 0.208 e. The van der Waals surface area contributed by atoms with Crippen LogP contribution >= 0.6 is 0 Å². The van der Waals surface area contributed by atoms with Crippen molar-refractivity contribution in [3.63, 3.8) is 0 Å². The molecule has 1 aromatic rings. The van der Waals surface area contributed by atoms with Crippen molar-refractivity contribution in [1.82, 2.24) is 10.0 Å².